The minimum atomic E-state index is -0.0719. The third kappa shape index (κ3) is 3.70. The van der Waals surface area contributed by atoms with Crippen LogP contribution < -0.4 is 10.1 Å². The standard InChI is InChI=1S/C11H14INO2/c1-15-10-6-3-2-5-9(10)11(14)13-8-4-7-12/h2-3,5-6H,4,7-8H2,1H3,(H,13,14). The van der Waals surface area contributed by atoms with E-state index in [0.717, 1.165) is 10.8 Å². The summed E-state index contributed by atoms with van der Waals surface area (Å²) in [5.74, 6) is 0.543. The van der Waals surface area contributed by atoms with E-state index in [-0.39, 0.29) is 5.91 Å². The highest BCUT2D eigenvalue weighted by atomic mass is 127. The van der Waals surface area contributed by atoms with Crippen molar-refractivity contribution < 1.29 is 9.53 Å². The Hall–Kier alpha value is -0.780. The van der Waals surface area contributed by atoms with Gasteiger partial charge in [-0.25, -0.2) is 0 Å². The number of benzene rings is 1. The summed E-state index contributed by atoms with van der Waals surface area (Å²) in [6, 6.07) is 7.22. The first-order valence-electron chi connectivity index (χ1n) is 4.76. The van der Waals surface area contributed by atoms with Gasteiger partial charge < -0.3 is 10.1 Å². The van der Waals surface area contributed by atoms with Crippen LogP contribution in [0, 0.1) is 0 Å². The number of hydrogen-bond acceptors (Lipinski definition) is 2. The Labute approximate surface area is 103 Å². The van der Waals surface area contributed by atoms with E-state index < -0.39 is 0 Å². The molecule has 0 heterocycles. The van der Waals surface area contributed by atoms with Gasteiger partial charge in [-0.3, -0.25) is 4.79 Å². The van der Waals surface area contributed by atoms with Gasteiger partial charge in [0.05, 0.1) is 12.7 Å². The number of para-hydroxylation sites is 1. The minimum absolute atomic E-state index is 0.0719. The van der Waals surface area contributed by atoms with Crippen molar-refractivity contribution in [3.8, 4) is 5.75 Å². The number of nitrogens with one attached hydrogen (secondary N) is 1. The molecule has 1 aromatic rings. The molecular formula is C11H14INO2. The lowest BCUT2D eigenvalue weighted by Crippen LogP contribution is -2.25. The van der Waals surface area contributed by atoms with Gasteiger partial charge in [0.15, 0.2) is 0 Å². The summed E-state index contributed by atoms with van der Waals surface area (Å²) in [5.41, 5.74) is 0.591. The zero-order valence-corrected chi connectivity index (χ0v) is 10.8. The molecule has 0 spiro atoms. The molecule has 0 radical (unpaired) electrons. The molecule has 1 N–H and O–H groups in total. The van der Waals surface area contributed by atoms with Crippen molar-refractivity contribution in [3.63, 3.8) is 0 Å². The maximum atomic E-state index is 11.7. The summed E-state index contributed by atoms with van der Waals surface area (Å²) in [6.45, 7) is 0.708. The fraction of sp³-hybridized carbons (Fsp3) is 0.364. The largest absolute Gasteiger partial charge is 0.496 e. The number of carbonyl (C=O) groups excluding carboxylic acids is 1. The van der Waals surface area contributed by atoms with E-state index in [1.165, 1.54) is 0 Å². The van der Waals surface area contributed by atoms with Gasteiger partial charge >= 0.3 is 0 Å². The molecule has 0 saturated heterocycles. The third-order valence-corrected chi connectivity index (χ3v) is 2.71. The topological polar surface area (TPSA) is 38.3 Å². The molecule has 15 heavy (non-hydrogen) atoms. The Bertz CT molecular complexity index is 328. The van der Waals surface area contributed by atoms with Gasteiger partial charge in [0.2, 0.25) is 0 Å². The van der Waals surface area contributed by atoms with E-state index in [1.54, 1.807) is 19.2 Å². The molecule has 1 rings (SSSR count). The van der Waals surface area contributed by atoms with Crippen LogP contribution in [0.25, 0.3) is 0 Å². The molecule has 4 heteroatoms. The smallest absolute Gasteiger partial charge is 0.255 e. The summed E-state index contributed by atoms with van der Waals surface area (Å²) in [5, 5.41) is 2.85. The number of ether oxygens (including phenoxy) is 1. The molecule has 0 aliphatic carbocycles. The summed E-state index contributed by atoms with van der Waals surface area (Å²) in [6.07, 6.45) is 0.988. The van der Waals surface area contributed by atoms with Crippen LogP contribution in [0.4, 0.5) is 0 Å². The molecule has 0 aliphatic rings. The number of carbonyl (C=O) groups is 1. The van der Waals surface area contributed by atoms with E-state index in [0.29, 0.717) is 17.9 Å². The molecule has 0 aromatic heterocycles. The van der Waals surface area contributed by atoms with Crippen LogP contribution in [-0.4, -0.2) is 24.0 Å². The van der Waals surface area contributed by atoms with Crippen molar-refractivity contribution in [2.24, 2.45) is 0 Å². The zero-order valence-electron chi connectivity index (χ0n) is 8.63. The van der Waals surface area contributed by atoms with E-state index in [1.807, 2.05) is 12.1 Å². The van der Waals surface area contributed by atoms with Crippen molar-refractivity contribution in [3.05, 3.63) is 29.8 Å². The van der Waals surface area contributed by atoms with Crippen molar-refractivity contribution >= 4 is 28.5 Å². The van der Waals surface area contributed by atoms with Gasteiger partial charge in [-0.1, -0.05) is 34.7 Å². The zero-order chi connectivity index (χ0) is 11.1. The van der Waals surface area contributed by atoms with Crippen LogP contribution in [0.1, 0.15) is 16.8 Å². The van der Waals surface area contributed by atoms with Gasteiger partial charge in [0, 0.05) is 11.0 Å². The van der Waals surface area contributed by atoms with Crippen LogP contribution in [0.5, 0.6) is 5.75 Å². The summed E-state index contributed by atoms with van der Waals surface area (Å²) < 4.78 is 6.16. The minimum Gasteiger partial charge on any atom is -0.496 e. The Morgan fingerprint density at radius 1 is 1.47 bits per heavy atom. The molecule has 0 saturated carbocycles. The molecule has 0 fully saturated rings. The fourth-order valence-corrected chi connectivity index (χ4v) is 1.58. The van der Waals surface area contributed by atoms with Gasteiger partial charge in [-0.15, -0.1) is 0 Å². The molecular weight excluding hydrogens is 305 g/mol. The van der Waals surface area contributed by atoms with E-state index in [9.17, 15) is 4.79 Å². The van der Waals surface area contributed by atoms with Crippen molar-refractivity contribution in [2.45, 2.75) is 6.42 Å². The predicted molar refractivity (Wildman–Crippen MR) is 68.8 cm³/mol. The first-order valence-corrected chi connectivity index (χ1v) is 6.29. The second-order valence-corrected chi connectivity index (χ2v) is 4.08. The van der Waals surface area contributed by atoms with Crippen LogP contribution in [-0.2, 0) is 0 Å². The Kier molecular flexibility index (Phi) is 5.45. The highest BCUT2D eigenvalue weighted by Crippen LogP contribution is 2.16. The van der Waals surface area contributed by atoms with Crippen LogP contribution >= 0.6 is 22.6 Å². The normalized spacial score (nSPS) is 9.73. The lowest BCUT2D eigenvalue weighted by Gasteiger charge is -2.08. The summed E-state index contributed by atoms with van der Waals surface area (Å²) in [7, 11) is 1.57. The number of methoxy groups -OCH3 is 1. The average Bonchev–Trinajstić information content (AvgIpc) is 2.29. The molecule has 0 unspecified atom stereocenters. The average molecular weight is 319 g/mol. The summed E-state index contributed by atoms with van der Waals surface area (Å²) >= 11 is 2.29. The van der Waals surface area contributed by atoms with Crippen LogP contribution in [0.15, 0.2) is 24.3 Å². The number of halogens is 1. The molecule has 0 atom stereocenters. The van der Waals surface area contributed by atoms with Crippen molar-refractivity contribution in [1.29, 1.82) is 0 Å². The van der Waals surface area contributed by atoms with Gasteiger partial charge in [0.25, 0.3) is 5.91 Å². The predicted octanol–water partition coefficient (Wildman–Crippen LogP) is 2.25. The Balaban J connectivity index is 2.64. The molecule has 82 valence electrons. The maximum absolute atomic E-state index is 11.7. The first-order chi connectivity index (χ1) is 7.29. The number of hydrogen-bond donors (Lipinski definition) is 1. The monoisotopic (exact) mass is 319 g/mol. The number of alkyl halides is 1. The highest BCUT2D eigenvalue weighted by Gasteiger charge is 2.09. The number of amides is 1. The van der Waals surface area contributed by atoms with Gasteiger partial charge in [0.1, 0.15) is 5.75 Å². The van der Waals surface area contributed by atoms with Gasteiger partial charge in [-0.05, 0) is 18.6 Å². The molecule has 1 amide bonds. The maximum Gasteiger partial charge on any atom is 0.255 e. The summed E-state index contributed by atoms with van der Waals surface area (Å²) in [4.78, 5) is 11.7. The lowest BCUT2D eigenvalue weighted by molar-refractivity contribution is 0.0951. The first kappa shape index (κ1) is 12.3. The van der Waals surface area contributed by atoms with E-state index >= 15 is 0 Å². The van der Waals surface area contributed by atoms with Crippen LogP contribution in [0.2, 0.25) is 0 Å². The second kappa shape index (κ2) is 6.66. The quantitative estimate of drug-likeness (QED) is 0.514. The molecule has 0 aliphatic heterocycles. The van der Waals surface area contributed by atoms with Crippen molar-refractivity contribution in [2.75, 3.05) is 18.1 Å². The van der Waals surface area contributed by atoms with Crippen LogP contribution in [0.3, 0.4) is 0 Å². The SMILES string of the molecule is COc1ccccc1C(=O)NCCCI. The molecule has 1 aromatic carbocycles. The molecule has 3 nitrogen and oxygen atoms in total. The highest BCUT2D eigenvalue weighted by molar-refractivity contribution is 14.1. The van der Waals surface area contributed by atoms with Crippen molar-refractivity contribution in [1.82, 2.24) is 5.32 Å². The lowest BCUT2D eigenvalue weighted by atomic mass is 10.2. The third-order valence-electron chi connectivity index (χ3n) is 1.95. The Morgan fingerprint density at radius 3 is 2.87 bits per heavy atom. The van der Waals surface area contributed by atoms with Gasteiger partial charge in [-0.2, -0.15) is 0 Å². The van der Waals surface area contributed by atoms with E-state index in [4.69, 9.17) is 4.74 Å². The number of rotatable bonds is 5. The molecule has 0 bridgehead atoms. The van der Waals surface area contributed by atoms with E-state index in [2.05, 4.69) is 27.9 Å². The Morgan fingerprint density at radius 2 is 2.20 bits per heavy atom. The fourth-order valence-electron chi connectivity index (χ4n) is 1.20. The second-order valence-electron chi connectivity index (χ2n) is 3.00.